The third kappa shape index (κ3) is 7.01. The molecule has 0 fully saturated rings. The Kier molecular flexibility index (Phi) is 7.54. The van der Waals surface area contributed by atoms with Gasteiger partial charge in [0.1, 0.15) is 0 Å². The second-order valence-corrected chi connectivity index (χ2v) is 7.07. The molecule has 1 atom stereocenters. The van der Waals surface area contributed by atoms with Crippen molar-refractivity contribution in [2.24, 2.45) is 0 Å². The first-order chi connectivity index (χ1) is 12.0. The SMILES string of the molecule is CC(CC(=O)Nc1cccc(CSCCC(=O)O)c1)c1ccccc1. The zero-order chi connectivity index (χ0) is 18.1. The van der Waals surface area contributed by atoms with Crippen molar-refractivity contribution in [3.05, 3.63) is 65.7 Å². The van der Waals surface area contributed by atoms with Crippen LogP contribution in [0.5, 0.6) is 0 Å². The molecule has 0 aliphatic rings. The summed E-state index contributed by atoms with van der Waals surface area (Å²) < 4.78 is 0. The molecule has 4 nitrogen and oxygen atoms in total. The van der Waals surface area contributed by atoms with Gasteiger partial charge in [-0.2, -0.15) is 11.8 Å². The Balaban J connectivity index is 1.84. The van der Waals surface area contributed by atoms with Crippen LogP contribution in [0.25, 0.3) is 0 Å². The van der Waals surface area contributed by atoms with Gasteiger partial charge in [-0.25, -0.2) is 0 Å². The van der Waals surface area contributed by atoms with E-state index in [4.69, 9.17) is 5.11 Å². The lowest BCUT2D eigenvalue weighted by molar-refractivity contribution is -0.136. The lowest BCUT2D eigenvalue weighted by atomic mass is 9.97. The molecule has 25 heavy (non-hydrogen) atoms. The molecule has 2 aromatic carbocycles. The van der Waals surface area contributed by atoms with Crippen molar-refractivity contribution in [1.82, 2.24) is 0 Å². The van der Waals surface area contributed by atoms with Crippen molar-refractivity contribution in [2.75, 3.05) is 11.1 Å². The second-order valence-electron chi connectivity index (χ2n) is 5.96. The number of aliphatic carboxylic acids is 1. The van der Waals surface area contributed by atoms with Crippen LogP contribution in [0.4, 0.5) is 5.69 Å². The van der Waals surface area contributed by atoms with Gasteiger partial charge in [0.15, 0.2) is 0 Å². The second kappa shape index (κ2) is 9.89. The largest absolute Gasteiger partial charge is 0.481 e. The molecule has 0 spiro atoms. The Morgan fingerprint density at radius 2 is 1.88 bits per heavy atom. The van der Waals surface area contributed by atoms with Crippen molar-refractivity contribution in [1.29, 1.82) is 0 Å². The topological polar surface area (TPSA) is 66.4 Å². The van der Waals surface area contributed by atoms with E-state index in [-0.39, 0.29) is 18.2 Å². The first-order valence-corrected chi connectivity index (χ1v) is 9.43. The number of rotatable bonds is 9. The number of carboxylic acids is 1. The quantitative estimate of drug-likeness (QED) is 0.647. The fourth-order valence-corrected chi connectivity index (χ4v) is 3.36. The van der Waals surface area contributed by atoms with Gasteiger partial charge in [-0.3, -0.25) is 9.59 Å². The van der Waals surface area contributed by atoms with Gasteiger partial charge in [-0.1, -0.05) is 49.4 Å². The highest BCUT2D eigenvalue weighted by atomic mass is 32.2. The van der Waals surface area contributed by atoms with Gasteiger partial charge in [-0.05, 0) is 29.2 Å². The molecule has 0 aromatic heterocycles. The zero-order valence-corrected chi connectivity index (χ0v) is 15.1. The molecule has 132 valence electrons. The predicted molar refractivity (Wildman–Crippen MR) is 103 cm³/mol. The molecule has 0 saturated heterocycles. The van der Waals surface area contributed by atoms with Crippen LogP contribution in [0.1, 0.15) is 36.8 Å². The third-order valence-electron chi connectivity index (χ3n) is 3.80. The number of thioether (sulfide) groups is 1. The van der Waals surface area contributed by atoms with E-state index in [9.17, 15) is 9.59 Å². The smallest absolute Gasteiger partial charge is 0.304 e. The molecule has 0 bridgehead atoms. The summed E-state index contributed by atoms with van der Waals surface area (Å²) in [5, 5.41) is 11.6. The maximum atomic E-state index is 12.3. The maximum Gasteiger partial charge on any atom is 0.304 e. The summed E-state index contributed by atoms with van der Waals surface area (Å²) in [7, 11) is 0. The number of benzene rings is 2. The molecule has 0 aliphatic heterocycles. The molecule has 5 heteroatoms. The highest BCUT2D eigenvalue weighted by Gasteiger charge is 2.11. The fraction of sp³-hybridized carbons (Fsp3) is 0.300. The Morgan fingerprint density at radius 3 is 2.60 bits per heavy atom. The van der Waals surface area contributed by atoms with Gasteiger partial charge in [0.05, 0.1) is 6.42 Å². The number of anilines is 1. The number of hydrogen-bond donors (Lipinski definition) is 2. The first-order valence-electron chi connectivity index (χ1n) is 8.28. The van der Waals surface area contributed by atoms with E-state index in [1.807, 2.05) is 61.5 Å². The lowest BCUT2D eigenvalue weighted by Crippen LogP contribution is -2.14. The van der Waals surface area contributed by atoms with Crippen molar-refractivity contribution < 1.29 is 14.7 Å². The molecule has 0 radical (unpaired) electrons. The summed E-state index contributed by atoms with van der Waals surface area (Å²) in [6, 6.07) is 17.7. The minimum Gasteiger partial charge on any atom is -0.481 e. The van der Waals surface area contributed by atoms with Gasteiger partial charge < -0.3 is 10.4 Å². The normalized spacial score (nSPS) is 11.7. The predicted octanol–water partition coefficient (Wildman–Crippen LogP) is 4.53. The van der Waals surface area contributed by atoms with Crippen molar-refractivity contribution in [2.45, 2.75) is 31.4 Å². The molecule has 0 heterocycles. The summed E-state index contributed by atoms with van der Waals surface area (Å²) in [6.45, 7) is 2.05. The van der Waals surface area contributed by atoms with E-state index in [1.165, 1.54) is 0 Å². The van der Waals surface area contributed by atoms with E-state index in [0.29, 0.717) is 12.2 Å². The Bertz CT molecular complexity index is 703. The fourth-order valence-electron chi connectivity index (χ4n) is 2.48. The van der Waals surface area contributed by atoms with Crippen LogP contribution in [0.15, 0.2) is 54.6 Å². The number of amides is 1. The van der Waals surface area contributed by atoms with E-state index < -0.39 is 5.97 Å². The Hall–Kier alpha value is -2.27. The van der Waals surface area contributed by atoms with Crippen molar-refractivity contribution in [3.63, 3.8) is 0 Å². The van der Waals surface area contributed by atoms with Gasteiger partial charge in [0.2, 0.25) is 5.91 Å². The Labute approximate surface area is 152 Å². The number of carboxylic acid groups (broad SMARTS) is 1. The maximum absolute atomic E-state index is 12.3. The summed E-state index contributed by atoms with van der Waals surface area (Å²) >= 11 is 1.58. The average Bonchev–Trinajstić information content (AvgIpc) is 2.59. The summed E-state index contributed by atoms with van der Waals surface area (Å²) in [4.78, 5) is 22.8. The van der Waals surface area contributed by atoms with Crippen molar-refractivity contribution in [3.8, 4) is 0 Å². The standard InChI is InChI=1S/C20H23NO3S/c1-15(17-7-3-2-4-8-17)12-19(22)21-18-9-5-6-16(13-18)14-25-11-10-20(23)24/h2-9,13,15H,10-12,14H2,1H3,(H,21,22)(H,23,24). The molecule has 0 aliphatic carbocycles. The van der Waals surface area contributed by atoms with Crippen LogP contribution >= 0.6 is 11.8 Å². The van der Waals surface area contributed by atoms with Crippen LogP contribution in [0, 0.1) is 0 Å². The number of hydrogen-bond acceptors (Lipinski definition) is 3. The minimum atomic E-state index is -0.777. The number of nitrogens with one attached hydrogen (secondary N) is 1. The van der Waals surface area contributed by atoms with E-state index in [0.717, 1.165) is 22.6 Å². The Morgan fingerprint density at radius 1 is 1.12 bits per heavy atom. The molecule has 2 rings (SSSR count). The number of carbonyl (C=O) groups is 2. The van der Waals surface area contributed by atoms with Crippen LogP contribution in [-0.4, -0.2) is 22.7 Å². The van der Waals surface area contributed by atoms with Gasteiger partial charge in [0, 0.05) is 23.6 Å². The van der Waals surface area contributed by atoms with Gasteiger partial charge >= 0.3 is 5.97 Å². The van der Waals surface area contributed by atoms with Crippen LogP contribution < -0.4 is 5.32 Å². The minimum absolute atomic E-state index is 0.00738. The summed E-state index contributed by atoms with van der Waals surface area (Å²) in [5.74, 6) is 0.696. The van der Waals surface area contributed by atoms with E-state index >= 15 is 0 Å². The highest BCUT2D eigenvalue weighted by Crippen LogP contribution is 2.21. The molecule has 1 amide bonds. The van der Waals surface area contributed by atoms with E-state index in [1.54, 1.807) is 11.8 Å². The van der Waals surface area contributed by atoms with Gasteiger partial charge in [0.25, 0.3) is 0 Å². The number of carbonyl (C=O) groups excluding carboxylic acids is 1. The summed E-state index contributed by atoms with van der Waals surface area (Å²) in [5.41, 5.74) is 3.01. The molecule has 2 aromatic rings. The summed E-state index contributed by atoms with van der Waals surface area (Å²) in [6.07, 6.45) is 0.597. The van der Waals surface area contributed by atoms with Crippen molar-refractivity contribution >= 4 is 29.3 Å². The first kappa shape index (κ1) is 19.1. The monoisotopic (exact) mass is 357 g/mol. The lowest BCUT2D eigenvalue weighted by Gasteiger charge is -2.12. The third-order valence-corrected chi connectivity index (χ3v) is 4.83. The molecule has 2 N–H and O–H groups in total. The molecule has 1 unspecified atom stereocenters. The molecule has 0 saturated carbocycles. The van der Waals surface area contributed by atoms with Crippen LogP contribution in [0.2, 0.25) is 0 Å². The van der Waals surface area contributed by atoms with Crippen LogP contribution in [0.3, 0.4) is 0 Å². The van der Waals surface area contributed by atoms with E-state index in [2.05, 4.69) is 5.32 Å². The molecular weight excluding hydrogens is 334 g/mol. The molecular formula is C20H23NO3S. The highest BCUT2D eigenvalue weighted by molar-refractivity contribution is 7.98. The zero-order valence-electron chi connectivity index (χ0n) is 14.3. The van der Waals surface area contributed by atoms with Crippen LogP contribution in [-0.2, 0) is 15.3 Å². The average molecular weight is 357 g/mol. The van der Waals surface area contributed by atoms with Gasteiger partial charge in [-0.15, -0.1) is 0 Å².